The first kappa shape index (κ1) is 15.9. The average molecular weight is 298 g/mol. The largest absolute Gasteiger partial charge is 0.481 e. The quantitative estimate of drug-likeness (QED) is 0.608. The van der Waals surface area contributed by atoms with E-state index in [1.54, 1.807) is 24.3 Å². The molecule has 114 valence electrons. The van der Waals surface area contributed by atoms with E-state index in [1.807, 2.05) is 30.3 Å². The molecule has 22 heavy (non-hydrogen) atoms. The number of hydrogen-bond acceptors (Lipinski definition) is 3. The van der Waals surface area contributed by atoms with E-state index in [-0.39, 0.29) is 13.0 Å². The van der Waals surface area contributed by atoms with Gasteiger partial charge in [0.25, 0.3) is 0 Å². The maximum absolute atomic E-state index is 12.6. The average Bonchev–Trinajstić information content (AvgIpc) is 2.53. The van der Waals surface area contributed by atoms with Crippen molar-refractivity contribution in [3.63, 3.8) is 0 Å². The highest BCUT2D eigenvalue weighted by Crippen LogP contribution is 2.19. The zero-order valence-electron chi connectivity index (χ0n) is 12.1. The number of rotatable bonds is 7. The molecule has 4 nitrogen and oxygen atoms in total. The molecule has 0 aliphatic carbocycles. The first-order valence-electron chi connectivity index (χ1n) is 7.13. The monoisotopic (exact) mass is 298 g/mol. The minimum Gasteiger partial charge on any atom is -0.481 e. The Balaban J connectivity index is 2.29. The second-order valence-electron chi connectivity index (χ2n) is 5.08. The molecule has 0 spiro atoms. The summed E-state index contributed by atoms with van der Waals surface area (Å²) in [4.78, 5) is 24.1. The number of carboxylic acids is 1. The maximum Gasteiger partial charge on any atom is 0.314 e. The predicted octanol–water partition coefficient (Wildman–Crippen LogP) is 2.35. The third-order valence-corrected chi connectivity index (χ3v) is 3.56. The van der Waals surface area contributed by atoms with Gasteiger partial charge in [0.1, 0.15) is 5.92 Å². The van der Waals surface area contributed by atoms with E-state index in [2.05, 4.69) is 0 Å². The van der Waals surface area contributed by atoms with E-state index in [9.17, 15) is 14.7 Å². The van der Waals surface area contributed by atoms with Crippen molar-refractivity contribution in [1.82, 2.24) is 0 Å². The topological polar surface area (TPSA) is 74.6 Å². The van der Waals surface area contributed by atoms with Gasteiger partial charge in [-0.3, -0.25) is 9.59 Å². The predicted molar refractivity (Wildman–Crippen MR) is 82.8 cm³/mol. The molecule has 0 radical (unpaired) electrons. The van der Waals surface area contributed by atoms with Crippen molar-refractivity contribution in [2.45, 2.75) is 12.8 Å². The summed E-state index contributed by atoms with van der Waals surface area (Å²) in [6, 6.07) is 15.9. The van der Waals surface area contributed by atoms with Gasteiger partial charge in [-0.2, -0.15) is 0 Å². The van der Waals surface area contributed by atoms with Crippen LogP contribution in [0.25, 0.3) is 0 Å². The van der Waals surface area contributed by atoms with Crippen LogP contribution in [0.3, 0.4) is 0 Å². The first-order chi connectivity index (χ1) is 10.6. The fraction of sp³-hybridized carbons (Fsp3) is 0.222. The van der Waals surface area contributed by atoms with Crippen LogP contribution in [-0.4, -0.2) is 28.6 Å². The fourth-order valence-corrected chi connectivity index (χ4v) is 2.43. The van der Waals surface area contributed by atoms with E-state index in [0.717, 1.165) is 5.56 Å². The first-order valence-corrected chi connectivity index (χ1v) is 7.13. The van der Waals surface area contributed by atoms with Crippen LogP contribution in [0.15, 0.2) is 54.6 Å². The lowest BCUT2D eigenvalue weighted by Crippen LogP contribution is -2.27. The maximum atomic E-state index is 12.6. The molecule has 0 saturated heterocycles. The summed E-state index contributed by atoms with van der Waals surface area (Å²) in [6.45, 7) is -0.0826. The van der Waals surface area contributed by atoms with Gasteiger partial charge in [0.2, 0.25) is 0 Å². The molecule has 0 bridgehead atoms. The molecule has 0 heterocycles. The number of aliphatic hydroxyl groups is 1. The minimum absolute atomic E-state index is 0.0826. The zero-order chi connectivity index (χ0) is 15.9. The van der Waals surface area contributed by atoms with Crippen molar-refractivity contribution in [3.8, 4) is 0 Å². The molecule has 0 aliphatic rings. The standard InChI is InChI=1S/C18H18O4/c19-11-10-14-8-4-5-9-15(14)17(20)16(18(21)22)12-13-6-2-1-3-7-13/h1-9,16,19H,10-12H2,(H,21,22). The summed E-state index contributed by atoms with van der Waals surface area (Å²) in [5, 5.41) is 18.5. The van der Waals surface area contributed by atoms with Crippen molar-refractivity contribution >= 4 is 11.8 Å². The Morgan fingerprint density at radius 3 is 2.23 bits per heavy atom. The van der Waals surface area contributed by atoms with Crippen LogP contribution >= 0.6 is 0 Å². The Morgan fingerprint density at radius 2 is 1.59 bits per heavy atom. The Bertz CT molecular complexity index is 649. The van der Waals surface area contributed by atoms with E-state index in [4.69, 9.17) is 5.11 Å². The number of carboxylic acid groups (broad SMARTS) is 1. The highest BCUT2D eigenvalue weighted by Gasteiger charge is 2.28. The van der Waals surface area contributed by atoms with E-state index in [1.165, 1.54) is 0 Å². The van der Waals surface area contributed by atoms with Gasteiger partial charge < -0.3 is 10.2 Å². The lowest BCUT2D eigenvalue weighted by Gasteiger charge is -2.14. The third-order valence-electron chi connectivity index (χ3n) is 3.56. The van der Waals surface area contributed by atoms with Gasteiger partial charge in [0, 0.05) is 12.2 Å². The van der Waals surface area contributed by atoms with Gasteiger partial charge in [-0.15, -0.1) is 0 Å². The third kappa shape index (κ3) is 3.80. The van der Waals surface area contributed by atoms with Crippen molar-refractivity contribution in [2.24, 2.45) is 5.92 Å². The van der Waals surface area contributed by atoms with Gasteiger partial charge in [0.05, 0.1) is 0 Å². The Morgan fingerprint density at radius 1 is 0.955 bits per heavy atom. The molecule has 1 unspecified atom stereocenters. The lowest BCUT2D eigenvalue weighted by molar-refractivity contribution is -0.139. The summed E-state index contributed by atoms with van der Waals surface area (Å²) in [6.07, 6.45) is 0.488. The van der Waals surface area contributed by atoms with Gasteiger partial charge in [-0.05, 0) is 24.0 Å². The summed E-state index contributed by atoms with van der Waals surface area (Å²) in [5.41, 5.74) is 1.86. The number of Topliss-reactive ketones (excluding diaryl/α,β-unsaturated/α-hetero) is 1. The van der Waals surface area contributed by atoms with Crippen LogP contribution in [0, 0.1) is 5.92 Å². The highest BCUT2D eigenvalue weighted by molar-refractivity contribution is 6.09. The molecule has 0 aromatic heterocycles. The highest BCUT2D eigenvalue weighted by atomic mass is 16.4. The Kier molecular flexibility index (Phi) is 5.44. The summed E-state index contributed by atoms with van der Waals surface area (Å²) < 4.78 is 0. The van der Waals surface area contributed by atoms with Crippen molar-refractivity contribution < 1.29 is 19.8 Å². The molecular formula is C18H18O4. The van der Waals surface area contributed by atoms with Gasteiger partial charge in [-0.1, -0.05) is 54.6 Å². The van der Waals surface area contributed by atoms with E-state index >= 15 is 0 Å². The van der Waals surface area contributed by atoms with Gasteiger partial charge in [-0.25, -0.2) is 0 Å². The molecule has 0 saturated carbocycles. The zero-order valence-corrected chi connectivity index (χ0v) is 12.1. The van der Waals surface area contributed by atoms with Gasteiger partial charge >= 0.3 is 5.97 Å². The number of aliphatic hydroxyl groups excluding tert-OH is 1. The molecule has 1 atom stereocenters. The van der Waals surface area contributed by atoms with Crippen LogP contribution in [0.2, 0.25) is 0 Å². The molecule has 0 fully saturated rings. The summed E-state index contributed by atoms with van der Waals surface area (Å²) in [7, 11) is 0. The fourth-order valence-electron chi connectivity index (χ4n) is 2.43. The van der Waals surface area contributed by atoms with Crippen molar-refractivity contribution in [2.75, 3.05) is 6.61 Å². The normalized spacial score (nSPS) is 11.9. The van der Waals surface area contributed by atoms with Crippen LogP contribution in [-0.2, 0) is 17.6 Å². The molecule has 2 N–H and O–H groups in total. The molecule has 4 heteroatoms. The number of carbonyl (C=O) groups is 2. The molecule has 2 aromatic rings. The van der Waals surface area contributed by atoms with Crippen molar-refractivity contribution in [1.29, 1.82) is 0 Å². The Labute approximate surface area is 129 Å². The summed E-state index contributed by atoms with van der Waals surface area (Å²) >= 11 is 0. The molecular weight excluding hydrogens is 280 g/mol. The molecule has 0 aliphatic heterocycles. The Hall–Kier alpha value is -2.46. The van der Waals surface area contributed by atoms with Crippen LogP contribution in [0.5, 0.6) is 0 Å². The van der Waals surface area contributed by atoms with Crippen LogP contribution in [0.1, 0.15) is 21.5 Å². The number of aliphatic carboxylic acids is 1. The second kappa shape index (κ2) is 7.52. The number of carbonyl (C=O) groups excluding carboxylic acids is 1. The van der Waals surface area contributed by atoms with Crippen LogP contribution in [0.4, 0.5) is 0 Å². The number of hydrogen-bond donors (Lipinski definition) is 2. The minimum atomic E-state index is -1.13. The smallest absolute Gasteiger partial charge is 0.314 e. The molecule has 0 amide bonds. The SMILES string of the molecule is O=C(O)C(Cc1ccccc1)C(=O)c1ccccc1CCO. The summed E-state index contributed by atoms with van der Waals surface area (Å²) in [5.74, 6) is -2.67. The molecule has 2 rings (SSSR count). The number of ketones is 1. The van der Waals surface area contributed by atoms with Crippen molar-refractivity contribution in [3.05, 3.63) is 71.3 Å². The van der Waals surface area contributed by atoms with E-state index < -0.39 is 17.7 Å². The van der Waals surface area contributed by atoms with Gasteiger partial charge in [0.15, 0.2) is 5.78 Å². The lowest BCUT2D eigenvalue weighted by atomic mass is 9.88. The van der Waals surface area contributed by atoms with E-state index in [0.29, 0.717) is 17.5 Å². The second-order valence-corrected chi connectivity index (χ2v) is 5.08. The molecule has 2 aromatic carbocycles. The van der Waals surface area contributed by atoms with Crippen LogP contribution < -0.4 is 0 Å². The number of benzene rings is 2.